The van der Waals surface area contributed by atoms with E-state index < -0.39 is 0 Å². The van der Waals surface area contributed by atoms with Gasteiger partial charge in [0, 0.05) is 6.42 Å². The summed E-state index contributed by atoms with van der Waals surface area (Å²) in [7, 11) is 0. The van der Waals surface area contributed by atoms with E-state index in [4.69, 9.17) is 9.47 Å². The molecule has 0 aromatic rings. The summed E-state index contributed by atoms with van der Waals surface area (Å²) in [4.78, 5) is 11.7. The molecule has 88 valence electrons. The minimum atomic E-state index is -0.376. The molecular formula is C12H22O3. The van der Waals surface area contributed by atoms with E-state index in [9.17, 15) is 4.79 Å². The van der Waals surface area contributed by atoms with Gasteiger partial charge in [0.1, 0.15) is 12.2 Å². The fourth-order valence-electron chi connectivity index (χ4n) is 1.42. The van der Waals surface area contributed by atoms with Gasteiger partial charge in [-0.1, -0.05) is 13.8 Å². The quantitative estimate of drug-likeness (QED) is 0.660. The van der Waals surface area contributed by atoms with Crippen molar-refractivity contribution < 1.29 is 14.3 Å². The molecule has 1 rings (SSSR count). The smallest absolute Gasteiger partial charge is 0.311 e. The first-order chi connectivity index (χ1) is 6.96. The van der Waals surface area contributed by atoms with E-state index in [2.05, 4.69) is 6.92 Å². The van der Waals surface area contributed by atoms with Crippen LogP contribution in [0.4, 0.5) is 0 Å². The van der Waals surface area contributed by atoms with E-state index in [-0.39, 0.29) is 17.0 Å². The van der Waals surface area contributed by atoms with Crippen LogP contribution in [0, 0.1) is 5.41 Å². The largest absolute Gasteiger partial charge is 0.462 e. The Kier molecular flexibility index (Phi) is 3.77. The second kappa shape index (κ2) is 4.52. The number of rotatable bonds is 5. The Morgan fingerprint density at radius 1 is 1.47 bits per heavy atom. The van der Waals surface area contributed by atoms with Crippen molar-refractivity contribution in [3.05, 3.63) is 0 Å². The van der Waals surface area contributed by atoms with Gasteiger partial charge in [-0.3, -0.25) is 4.79 Å². The van der Waals surface area contributed by atoms with E-state index in [1.807, 2.05) is 20.8 Å². The molecule has 15 heavy (non-hydrogen) atoms. The van der Waals surface area contributed by atoms with Crippen LogP contribution in [-0.2, 0) is 14.3 Å². The normalized spacial score (nSPS) is 25.9. The molecule has 0 aromatic heterocycles. The van der Waals surface area contributed by atoms with Crippen molar-refractivity contribution in [2.75, 3.05) is 13.2 Å². The van der Waals surface area contributed by atoms with Gasteiger partial charge in [0.25, 0.3) is 0 Å². The van der Waals surface area contributed by atoms with Gasteiger partial charge in [-0.2, -0.15) is 0 Å². The van der Waals surface area contributed by atoms with Gasteiger partial charge in [-0.25, -0.2) is 0 Å². The summed E-state index contributed by atoms with van der Waals surface area (Å²) in [6.45, 7) is 9.09. The first-order valence-corrected chi connectivity index (χ1v) is 5.77. The molecule has 0 radical (unpaired) electrons. The van der Waals surface area contributed by atoms with Gasteiger partial charge in [0.15, 0.2) is 0 Å². The second-order valence-electron chi connectivity index (χ2n) is 4.95. The van der Waals surface area contributed by atoms with E-state index in [0.717, 1.165) is 25.9 Å². The summed E-state index contributed by atoms with van der Waals surface area (Å²) in [6, 6.07) is 0. The highest BCUT2D eigenvalue weighted by Crippen LogP contribution is 2.31. The Bertz CT molecular complexity index is 224. The van der Waals surface area contributed by atoms with Gasteiger partial charge in [0.05, 0.1) is 12.0 Å². The molecule has 1 fully saturated rings. The maximum absolute atomic E-state index is 11.7. The number of hydrogen-bond donors (Lipinski definition) is 0. The van der Waals surface area contributed by atoms with E-state index in [0.29, 0.717) is 6.61 Å². The third-order valence-corrected chi connectivity index (χ3v) is 3.51. The summed E-state index contributed by atoms with van der Waals surface area (Å²) < 4.78 is 10.8. The topological polar surface area (TPSA) is 35.5 Å². The van der Waals surface area contributed by atoms with Gasteiger partial charge >= 0.3 is 5.97 Å². The zero-order chi connectivity index (χ0) is 11.5. The molecule has 1 atom stereocenters. The number of hydrogen-bond acceptors (Lipinski definition) is 3. The van der Waals surface area contributed by atoms with Gasteiger partial charge in [-0.05, 0) is 26.7 Å². The average molecular weight is 214 g/mol. The molecule has 1 aliphatic rings. The number of carbonyl (C=O) groups excluding carboxylic acids is 1. The molecule has 0 bridgehead atoms. The van der Waals surface area contributed by atoms with Crippen molar-refractivity contribution in [3.63, 3.8) is 0 Å². The summed E-state index contributed by atoms with van der Waals surface area (Å²) in [6.07, 6.45) is 2.71. The van der Waals surface area contributed by atoms with Crippen LogP contribution in [-0.4, -0.2) is 24.8 Å². The van der Waals surface area contributed by atoms with Crippen LogP contribution in [0.15, 0.2) is 0 Å². The van der Waals surface area contributed by atoms with Gasteiger partial charge in [-0.15, -0.1) is 0 Å². The predicted molar refractivity (Wildman–Crippen MR) is 58.6 cm³/mol. The number of esters is 1. The highest BCUT2D eigenvalue weighted by Gasteiger charge is 2.39. The van der Waals surface area contributed by atoms with Crippen LogP contribution in [0.3, 0.4) is 0 Å². The third-order valence-electron chi connectivity index (χ3n) is 3.51. The number of ether oxygens (including phenoxy) is 2. The van der Waals surface area contributed by atoms with Gasteiger partial charge in [0.2, 0.25) is 0 Å². The molecule has 3 nitrogen and oxygen atoms in total. The fraction of sp³-hybridized carbons (Fsp3) is 0.917. The fourth-order valence-corrected chi connectivity index (χ4v) is 1.42. The van der Waals surface area contributed by atoms with Crippen LogP contribution in [0.25, 0.3) is 0 Å². The zero-order valence-electron chi connectivity index (χ0n) is 10.3. The average Bonchev–Trinajstić information content (AvgIpc) is 2.16. The van der Waals surface area contributed by atoms with Crippen molar-refractivity contribution in [3.8, 4) is 0 Å². The molecule has 1 heterocycles. The lowest BCUT2D eigenvalue weighted by Gasteiger charge is -2.41. The molecule has 1 saturated heterocycles. The summed E-state index contributed by atoms with van der Waals surface area (Å²) in [5.41, 5.74) is -0.557. The predicted octanol–water partition coefficient (Wildman–Crippen LogP) is 2.53. The maximum Gasteiger partial charge on any atom is 0.311 e. The lowest BCUT2D eigenvalue weighted by atomic mass is 9.90. The van der Waals surface area contributed by atoms with E-state index >= 15 is 0 Å². The Morgan fingerprint density at radius 2 is 2.07 bits per heavy atom. The SMILES string of the molecule is CCC1(COC(=O)C(C)(C)CC)CCO1. The lowest BCUT2D eigenvalue weighted by Crippen LogP contribution is -2.48. The second-order valence-corrected chi connectivity index (χ2v) is 4.95. The van der Waals surface area contributed by atoms with Crippen LogP contribution in [0.1, 0.15) is 47.0 Å². The molecule has 1 unspecified atom stereocenters. The molecule has 1 aliphatic heterocycles. The maximum atomic E-state index is 11.7. The third kappa shape index (κ3) is 2.71. The number of carbonyl (C=O) groups is 1. The monoisotopic (exact) mass is 214 g/mol. The first-order valence-electron chi connectivity index (χ1n) is 5.77. The van der Waals surface area contributed by atoms with E-state index in [1.54, 1.807) is 0 Å². The summed E-state index contributed by atoms with van der Waals surface area (Å²) >= 11 is 0. The van der Waals surface area contributed by atoms with Gasteiger partial charge < -0.3 is 9.47 Å². The highest BCUT2D eigenvalue weighted by atomic mass is 16.6. The Hall–Kier alpha value is -0.570. The molecule has 0 aromatic carbocycles. The Morgan fingerprint density at radius 3 is 2.40 bits per heavy atom. The van der Waals surface area contributed by atoms with Crippen LogP contribution >= 0.6 is 0 Å². The molecule has 3 heteroatoms. The van der Waals surface area contributed by atoms with Crippen molar-refractivity contribution in [1.82, 2.24) is 0 Å². The standard InChI is InChI=1S/C12H22O3/c1-5-11(3,4)10(13)14-9-12(6-2)7-8-15-12/h5-9H2,1-4H3. The molecule has 0 saturated carbocycles. The zero-order valence-corrected chi connectivity index (χ0v) is 10.3. The van der Waals surface area contributed by atoms with Crippen LogP contribution in [0.5, 0.6) is 0 Å². The van der Waals surface area contributed by atoms with Crippen molar-refractivity contribution in [2.24, 2.45) is 5.41 Å². The lowest BCUT2D eigenvalue weighted by molar-refractivity contribution is -0.195. The molecule has 0 aliphatic carbocycles. The summed E-state index contributed by atoms with van der Waals surface area (Å²) in [5.74, 6) is -0.117. The minimum absolute atomic E-state index is 0.117. The molecule has 0 amide bonds. The Labute approximate surface area is 92.1 Å². The van der Waals surface area contributed by atoms with Crippen LogP contribution in [0.2, 0.25) is 0 Å². The van der Waals surface area contributed by atoms with E-state index in [1.165, 1.54) is 0 Å². The van der Waals surface area contributed by atoms with Crippen LogP contribution < -0.4 is 0 Å². The Balaban J connectivity index is 2.40. The van der Waals surface area contributed by atoms with Crippen molar-refractivity contribution >= 4 is 5.97 Å². The highest BCUT2D eigenvalue weighted by molar-refractivity contribution is 5.75. The van der Waals surface area contributed by atoms with Crippen molar-refractivity contribution in [1.29, 1.82) is 0 Å². The molecule has 0 N–H and O–H groups in total. The molecule has 0 spiro atoms. The minimum Gasteiger partial charge on any atom is -0.462 e. The molecular weight excluding hydrogens is 192 g/mol. The first kappa shape index (κ1) is 12.5. The summed E-state index contributed by atoms with van der Waals surface area (Å²) in [5, 5.41) is 0. The van der Waals surface area contributed by atoms with Crippen molar-refractivity contribution in [2.45, 2.75) is 52.6 Å².